The average Bonchev–Trinajstić information content (AvgIpc) is 3.39. The van der Waals surface area contributed by atoms with E-state index in [0.717, 1.165) is 5.56 Å². The number of carbonyl (C=O) groups is 1. The number of pyridine rings is 2. The van der Waals surface area contributed by atoms with Crippen molar-refractivity contribution in [1.82, 2.24) is 15.3 Å². The van der Waals surface area contributed by atoms with E-state index in [1.807, 2.05) is 13.1 Å². The molecule has 1 amide bonds. The van der Waals surface area contributed by atoms with E-state index >= 15 is 0 Å². The number of hydrogen-bond acceptors (Lipinski definition) is 4. The highest BCUT2D eigenvalue weighted by atomic mass is 16.5. The summed E-state index contributed by atoms with van der Waals surface area (Å²) in [4.78, 5) is 20.4. The summed E-state index contributed by atoms with van der Waals surface area (Å²) in [7, 11) is 0. The molecular formula is C17H19N3O2. The van der Waals surface area contributed by atoms with E-state index < -0.39 is 0 Å². The first-order chi connectivity index (χ1) is 10.8. The molecular weight excluding hydrogens is 278 g/mol. The second-order valence-electron chi connectivity index (χ2n) is 5.40. The zero-order chi connectivity index (χ0) is 15.4. The molecule has 1 N–H and O–H groups in total. The number of amides is 1. The minimum absolute atomic E-state index is 0.146. The van der Waals surface area contributed by atoms with Crippen LogP contribution >= 0.6 is 0 Å². The third-order valence-corrected chi connectivity index (χ3v) is 3.61. The fourth-order valence-corrected chi connectivity index (χ4v) is 2.28. The normalized spacial score (nSPS) is 13.7. The Kier molecular flexibility index (Phi) is 4.32. The van der Waals surface area contributed by atoms with Crippen LogP contribution in [0.2, 0.25) is 0 Å². The Morgan fingerprint density at radius 1 is 1.32 bits per heavy atom. The zero-order valence-electron chi connectivity index (χ0n) is 12.6. The molecule has 2 aromatic rings. The number of nitrogens with zero attached hydrogens (tertiary/aromatic N) is 2. The Morgan fingerprint density at radius 3 is 2.86 bits per heavy atom. The van der Waals surface area contributed by atoms with Gasteiger partial charge in [0.1, 0.15) is 0 Å². The van der Waals surface area contributed by atoms with Crippen LogP contribution in [0.5, 0.6) is 5.88 Å². The summed E-state index contributed by atoms with van der Waals surface area (Å²) in [5.74, 6) is 1.05. The molecule has 114 valence electrons. The second kappa shape index (κ2) is 6.56. The SMILES string of the molecule is CCOc1ccc(C(=O)NCc2cncc(C3CC3)c2)cn1. The van der Waals surface area contributed by atoms with Gasteiger partial charge in [-0.3, -0.25) is 9.78 Å². The zero-order valence-corrected chi connectivity index (χ0v) is 12.6. The smallest absolute Gasteiger partial charge is 0.253 e. The first-order valence-corrected chi connectivity index (χ1v) is 7.57. The number of aromatic nitrogens is 2. The Hall–Kier alpha value is -2.43. The average molecular weight is 297 g/mol. The molecule has 0 saturated heterocycles. The molecule has 0 bridgehead atoms. The maximum atomic E-state index is 12.1. The molecule has 5 heteroatoms. The third kappa shape index (κ3) is 3.61. The number of carbonyl (C=O) groups excluding carboxylic acids is 1. The van der Waals surface area contributed by atoms with Crippen molar-refractivity contribution in [3.8, 4) is 5.88 Å². The van der Waals surface area contributed by atoms with Gasteiger partial charge >= 0.3 is 0 Å². The second-order valence-corrected chi connectivity index (χ2v) is 5.40. The highest BCUT2D eigenvalue weighted by molar-refractivity contribution is 5.93. The largest absolute Gasteiger partial charge is 0.478 e. The first-order valence-electron chi connectivity index (χ1n) is 7.57. The third-order valence-electron chi connectivity index (χ3n) is 3.61. The van der Waals surface area contributed by atoms with Crippen LogP contribution in [-0.4, -0.2) is 22.5 Å². The van der Waals surface area contributed by atoms with Crippen LogP contribution in [0.25, 0.3) is 0 Å². The molecule has 0 aliphatic heterocycles. The van der Waals surface area contributed by atoms with Gasteiger partial charge in [0, 0.05) is 31.2 Å². The highest BCUT2D eigenvalue weighted by Crippen LogP contribution is 2.39. The minimum atomic E-state index is -0.146. The summed E-state index contributed by atoms with van der Waals surface area (Å²) in [5.41, 5.74) is 2.82. The van der Waals surface area contributed by atoms with Crippen LogP contribution in [-0.2, 0) is 6.54 Å². The van der Waals surface area contributed by atoms with Gasteiger partial charge in [-0.05, 0) is 42.9 Å². The van der Waals surface area contributed by atoms with Crippen LogP contribution < -0.4 is 10.1 Å². The Labute approximate surface area is 129 Å². The Balaban J connectivity index is 1.58. The number of ether oxygens (including phenoxy) is 1. The van der Waals surface area contributed by atoms with E-state index in [0.29, 0.717) is 30.5 Å². The van der Waals surface area contributed by atoms with Crippen LogP contribution in [0.15, 0.2) is 36.8 Å². The van der Waals surface area contributed by atoms with E-state index in [2.05, 4.69) is 21.4 Å². The van der Waals surface area contributed by atoms with E-state index in [4.69, 9.17) is 4.74 Å². The van der Waals surface area contributed by atoms with Crippen molar-refractivity contribution >= 4 is 5.91 Å². The maximum Gasteiger partial charge on any atom is 0.253 e. The number of rotatable bonds is 6. The van der Waals surface area contributed by atoms with Crippen molar-refractivity contribution in [2.45, 2.75) is 32.2 Å². The molecule has 22 heavy (non-hydrogen) atoms. The van der Waals surface area contributed by atoms with Crippen LogP contribution in [0, 0.1) is 0 Å². The molecule has 0 radical (unpaired) electrons. The summed E-state index contributed by atoms with van der Waals surface area (Å²) in [6, 6.07) is 5.54. The predicted octanol–water partition coefficient (Wildman–Crippen LogP) is 2.68. The van der Waals surface area contributed by atoms with Gasteiger partial charge in [0.05, 0.1) is 12.2 Å². The van der Waals surface area contributed by atoms with E-state index in [1.54, 1.807) is 18.3 Å². The molecule has 5 nitrogen and oxygen atoms in total. The fraction of sp³-hybridized carbons (Fsp3) is 0.353. The lowest BCUT2D eigenvalue weighted by atomic mass is 10.1. The Bertz CT molecular complexity index is 651. The van der Waals surface area contributed by atoms with Crippen molar-refractivity contribution < 1.29 is 9.53 Å². The van der Waals surface area contributed by atoms with Gasteiger partial charge in [0.25, 0.3) is 5.91 Å². The first kappa shape index (κ1) is 14.5. The summed E-state index contributed by atoms with van der Waals surface area (Å²) >= 11 is 0. The van der Waals surface area contributed by atoms with E-state index in [9.17, 15) is 4.79 Å². The molecule has 1 fully saturated rings. The molecule has 1 aliphatic carbocycles. The van der Waals surface area contributed by atoms with Crippen molar-refractivity contribution in [2.24, 2.45) is 0 Å². The lowest BCUT2D eigenvalue weighted by Crippen LogP contribution is -2.23. The van der Waals surface area contributed by atoms with Crippen molar-refractivity contribution in [3.63, 3.8) is 0 Å². The molecule has 1 saturated carbocycles. The summed E-state index contributed by atoms with van der Waals surface area (Å²) in [6.45, 7) is 2.93. The van der Waals surface area contributed by atoms with Crippen LogP contribution in [0.4, 0.5) is 0 Å². The van der Waals surface area contributed by atoms with Gasteiger partial charge in [-0.15, -0.1) is 0 Å². The minimum Gasteiger partial charge on any atom is -0.478 e. The van der Waals surface area contributed by atoms with E-state index in [1.165, 1.54) is 24.6 Å². The quantitative estimate of drug-likeness (QED) is 0.890. The lowest BCUT2D eigenvalue weighted by Gasteiger charge is -2.07. The van der Waals surface area contributed by atoms with Crippen molar-refractivity contribution in [2.75, 3.05) is 6.61 Å². The molecule has 0 spiro atoms. The van der Waals surface area contributed by atoms with Gasteiger partial charge in [0.15, 0.2) is 0 Å². The fourth-order valence-electron chi connectivity index (χ4n) is 2.28. The topological polar surface area (TPSA) is 64.1 Å². The number of hydrogen-bond donors (Lipinski definition) is 1. The van der Waals surface area contributed by atoms with Gasteiger partial charge in [-0.2, -0.15) is 0 Å². The van der Waals surface area contributed by atoms with Gasteiger partial charge in [-0.1, -0.05) is 6.07 Å². The highest BCUT2D eigenvalue weighted by Gasteiger charge is 2.23. The van der Waals surface area contributed by atoms with Gasteiger partial charge in [0.2, 0.25) is 5.88 Å². The molecule has 0 atom stereocenters. The predicted molar refractivity (Wildman–Crippen MR) is 82.8 cm³/mol. The van der Waals surface area contributed by atoms with Gasteiger partial charge in [-0.25, -0.2) is 4.98 Å². The monoisotopic (exact) mass is 297 g/mol. The summed E-state index contributed by atoms with van der Waals surface area (Å²) in [5, 5.41) is 2.89. The van der Waals surface area contributed by atoms with Gasteiger partial charge < -0.3 is 10.1 Å². The van der Waals surface area contributed by atoms with Crippen molar-refractivity contribution in [3.05, 3.63) is 53.5 Å². The summed E-state index contributed by atoms with van der Waals surface area (Å²) < 4.78 is 5.26. The number of nitrogens with one attached hydrogen (secondary N) is 1. The molecule has 0 unspecified atom stereocenters. The lowest BCUT2D eigenvalue weighted by molar-refractivity contribution is 0.0950. The molecule has 2 aromatic heterocycles. The molecule has 0 aromatic carbocycles. The summed E-state index contributed by atoms with van der Waals surface area (Å²) in [6.07, 6.45) is 7.73. The molecule has 1 aliphatic rings. The van der Waals surface area contributed by atoms with Crippen LogP contribution in [0.1, 0.15) is 47.2 Å². The van der Waals surface area contributed by atoms with Crippen LogP contribution in [0.3, 0.4) is 0 Å². The molecule has 2 heterocycles. The van der Waals surface area contributed by atoms with Crippen molar-refractivity contribution in [1.29, 1.82) is 0 Å². The van der Waals surface area contributed by atoms with E-state index in [-0.39, 0.29) is 5.91 Å². The maximum absolute atomic E-state index is 12.1. The molecule has 3 rings (SSSR count). The standard InChI is InChI=1S/C17H19N3O2/c1-2-22-16-6-5-14(11-19-16)17(21)20-9-12-7-15(10-18-8-12)13-3-4-13/h5-8,10-11,13H,2-4,9H2,1H3,(H,20,21). The Morgan fingerprint density at radius 2 is 2.18 bits per heavy atom.